The zero-order valence-corrected chi connectivity index (χ0v) is 11.5. The number of carbonyl (C=O) groups excluding carboxylic acids is 1. The van der Waals surface area contributed by atoms with Crippen molar-refractivity contribution in [2.24, 2.45) is 0 Å². The summed E-state index contributed by atoms with van der Waals surface area (Å²) in [5.74, 6) is 1.51. The molecular formula is C15H22O3. The Morgan fingerprint density at radius 2 is 1.61 bits per heavy atom. The maximum atomic E-state index is 11.7. The summed E-state index contributed by atoms with van der Waals surface area (Å²) in [5.41, 5.74) is 0.687. The first-order chi connectivity index (χ1) is 8.72. The summed E-state index contributed by atoms with van der Waals surface area (Å²) in [6.07, 6.45) is 2.38. The van der Waals surface area contributed by atoms with Crippen molar-refractivity contribution >= 4 is 5.78 Å². The van der Waals surface area contributed by atoms with Gasteiger partial charge in [-0.2, -0.15) is 0 Å². The molecule has 0 aromatic heterocycles. The van der Waals surface area contributed by atoms with Crippen molar-refractivity contribution in [2.75, 3.05) is 13.2 Å². The molecule has 0 saturated heterocycles. The molecule has 0 aliphatic carbocycles. The fraction of sp³-hybridized carbons (Fsp3) is 0.533. The third-order valence-electron chi connectivity index (χ3n) is 2.51. The third-order valence-corrected chi connectivity index (χ3v) is 2.51. The van der Waals surface area contributed by atoms with E-state index in [-0.39, 0.29) is 5.78 Å². The number of carbonyl (C=O) groups is 1. The molecule has 0 N–H and O–H groups in total. The Labute approximate surface area is 109 Å². The number of rotatable bonds is 8. The van der Waals surface area contributed by atoms with Crippen molar-refractivity contribution in [2.45, 2.75) is 40.0 Å². The highest BCUT2D eigenvalue weighted by Gasteiger charge is 2.10. The molecule has 3 nitrogen and oxygen atoms in total. The second kappa shape index (κ2) is 7.75. The Morgan fingerprint density at radius 1 is 1.00 bits per heavy atom. The predicted octanol–water partition coefficient (Wildman–Crippen LogP) is 3.86. The van der Waals surface area contributed by atoms with Crippen molar-refractivity contribution in [1.82, 2.24) is 0 Å². The Morgan fingerprint density at radius 3 is 2.17 bits per heavy atom. The summed E-state index contributed by atoms with van der Waals surface area (Å²) < 4.78 is 11.3. The van der Waals surface area contributed by atoms with E-state index < -0.39 is 0 Å². The van der Waals surface area contributed by atoms with Crippen molar-refractivity contribution in [1.29, 1.82) is 0 Å². The van der Waals surface area contributed by atoms with Gasteiger partial charge in [-0.1, -0.05) is 20.8 Å². The van der Waals surface area contributed by atoms with E-state index in [0.29, 0.717) is 30.9 Å². The van der Waals surface area contributed by atoms with Crippen LogP contribution in [0.5, 0.6) is 11.5 Å². The first-order valence-corrected chi connectivity index (χ1v) is 6.65. The summed E-state index contributed by atoms with van der Waals surface area (Å²) in [6.45, 7) is 7.25. The van der Waals surface area contributed by atoms with Gasteiger partial charge >= 0.3 is 0 Å². The lowest BCUT2D eigenvalue weighted by molar-refractivity contribution is 0.0987. The SMILES string of the molecule is CCCOc1ccc(C(=O)CC)cc1OCCC. The van der Waals surface area contributed by atoms with Crippen LogP contribution in [-0.2, 0) is 0 Å². The summed E-state index contributed by atoms with van der Waals surface area (Å²) in [7, 11) is 0. The number of benzene rings is 1. The summed E-state index contributed by atoms with van der Waals surface area (Å²) >= 11 is 0. The van der Waals surface area contributed by atoms with Gasteiger partial charge in [0.05, 0.1) is 13.2 Å². The van der Waals surface area contributed by atoms with Crippen LogP contribution >= 0.6 is 0 Å². The smallest absolute Gasteiger partial charge is 0.162 e. The molecule has 0 aliphatic rings. The first kappa shape index (κ1) is 14.6. The predicted molar refractivity (Wildman–Crippen MR) is 72.6 cm³/mol. The third kappa shape index (κ3) is 4.06. The lowest BCUT2D eigenvalue weighted by atomic mass is 10.1. The molecule has 1 aromatic carbocycles. The second-order valence-electron chi connectivity index (χ2n) is 4.14. The van der Waals surface area contributed by atoms with Gasteiger partial charge in [0.2, 0.25) is 0 Å². The topological polar surface area (TPSA) is 35.5 Å². The van der Waals surface area contributed by atoms with Gasteiger partial charge in [0.25, 0.3) is 0 Å². The Hall–Kier alpha value is -1.51. The molecule has 1 aromatic rings. The van der Waals surface area contributed by atoms with Gasteiger partial charge < -0.3 is 9.47 Å². The Kier molecular flexibility index (Phi) is 6.26. The van der Waals surface area contributed by atoms with E-state index in [2.05, 4.69) is 6.92 Å². The lowest BCUT2D eigenvalue weighted by Crippen LogP contribution is -2.03. The second-order valence-corrected chi connectivity index (χ2v) is 4.14. The minimum absolute atomic E-state index is 0.124. The molecule has 3 heteroatoms. The fourth-order valence-electron chi connectivity index (χ4n) is 1.54. The monoisotopic (exact) mass is 250 g/mol. The van der Waals surface area contributed by atoms with Gasteiger partial charge in [-0.3, -0.25) is 4.79 Å². The zero-order chi connectivity index (χ0) is 13.4. The van der Waals surface area contributed by atoms with E-state index >= 15 is 0 Å². The van der Waals surface area contributed by atoms with Crippen LogP contribution in [0, 0.1) is 0 Å². The normalized spacial score (nSPS) is 10.2. The van der Waals surface area contributed by atoms with Crippen molar-refractivity contribution in [3.8, 4) is 11.5 Å². The van der Waals surface area contributed by atoms with Crippen molar-refractivity contribution in [3.63, 3.8) is 0 Å². The summed E-state index contributed by atoms with van der Waals surface area (Å²) in [5, 5.41) is 0. The molecule has 0 fully saturated rings. The van der Waals surface area contributed by atoms with Crippen LogP contribution < -0.4 is 9.47 Å². The maximum Gasteiger partial charge on any atom is 0.162 e. The number of Topliss-reactive ketones (excluding diaryl/α,β-unsaturated/α-hetero) is 1. The summed E-state index contributed by atoms with van der Waals surface area (Å²) in [4.78, 5) is 11.7. The zero-order valence-electron chi connectivity index (χ0n) is 11.5. The van der Waals surface area contributed by atoms with Crippen LogP contribution in [0.4, 0.5) is 0 Å². The van der Waals surface area contributed by atoms with Crippen LogP contribution in [0.3, 0.4) is 0 Å². The minimum atomic E-state index is 0.124. The quantitative estimate of drug-likeness (QED) is 0.657. The van der Waals surface area contributed by atoms with Gasteiger partial charge in [-0.25, -0.2) is 0 Å². The maximum absolute atomic E-state index is 11.7. The highest BCUT2D eigenvalue weighted by Crippen LogP contribution is 2.29. The molecule has 18 heavy (non-hydrogen) atoms. The Balaban J connectivity index is 2.92. The van der Waals surface area contributed by atoms with Gasteiger partial charge in [-0.05, 0) is 31.0 Å². The molecule has 1 rings (SSSR count). The van der Waals surface area contributed by atoms with E-state index in [1.54, 1.807) is 12.1 Å². The van der Waals surface area contributed by atoms with E-state index in [4.69, 9.17) is 9.47 Å². The van der Waals surface area contributed by atoms with Crippen LogP contribution in [0.1, 0.15) is 50.4 Å². The number of hydrogen-bond donors (Lipinski definition) is 0. The van der Waals surface area contributed by atoms with E-state index in [9.17, 15) is 4.79 Å². The summed E-state index contributed by atoms with van der Waals surface area (Å²) in [6, 6.07) is 5.41. The van der Waals surface area contributed by atoms with Crippen LogP contribution in [-0.4, -0.2) is 19.0 Å². The molecule has 0 saturated carbocycles. The van der Waals surface area contributed by atoms with Crippen molar-refractivity contribution < 1.29 is 14.3 Å². The first-order valence-electron chi connectivity index (χ1n) is 6.65. The molecule has 0 bridgehead atoms. The molecule has 100 valence electrons. The lowest BCUT2D eigenvalue weighted by Gasteiger charge is -2.13. The van der Waals surface area contributed by atoms with E-state index in [1.165, 1.54) is 0 Å². The van der Waals surface area contributed by atoms with Gasteiger partial charge in [0, 0.05) is 12.0 Å². The average Bonchev–Trinajstić information content (AvgIpc) is 2.42. The molecule has 0 unspecified atom stereocenters. The van der Waals surface area contributed by atoms with E-state index in [0.717, 1.165) is 18.6 Å². The highest BCUT2D eigenvalue weighted by molar-refractivity contribution is 5.96. The molecule has 0 radical (unpaired) electrons. The molecular weight excluding hydrogens is 228 g/mol. The van der Waals surface area contributed by atoms with Gasteiger partial charge in [0.15, 0.2) is 17.3 Å². The largest absolute Gasteiger partial charge is 0.490 e. The molecule has 0 aliphatic heterocycles. The highest BCUT2D eigenvalue weighted by atomic mass is 16.5. The Bertz CT molecular complexity index is 385. The van der Waals surface area contributed by atoms with Gasteiger partial charge in [0.1, 0.15) is 0 Å². The molecule has 0 heterocycles. The standard InChI is InChI=1S/C15H22O3/c1-4-9-17-14-8-7-12(13(16)6-3)11-15(14)18-10-5-2/h7-8,11H,4-6,9-10H2,1-3H3. The van der Waals surface area contributed by atoms with Crippen LogP contribution in [0.2, 0.25) is 0 Å². The minimum Gasteiger partial charge on any atom is -0.490 e. The van der Waals surface area contributed by atoms with Crippen LogP contribution in [0.25, 0.3) is 0 Å². The molecule has 0 atom stereocenters. The average molecular weight is 250 g/mol. The van der Waals surface area contributed by atoms with E-state index in [1.807, 2.05) is 19.9 Å². The van der Waals surface area contributed by atoms with Gasteiger partial charge in [-0.15, -0.1) is 0 Å². The molecule has 0 spiro atoms. The number of ketones is 1. The number of ether oxygens (including phenoxy) is 2. The fourth-order valence-corrected chi connectivity index (χ4v) is 1.54. The van der Waals surface area contributed by atoms with Crippen molar-refractivity contribution in [3.05, 3.63) is 23.8 Å². The molecule has 0 amide bonds. The van der Waals surface area contributed by atoms with Crippen LogP contribution in [0.15, 0.2) is 18.2 Å². The number of hydrogen-bond acceptors (Lipinski definition) is 3.